The van der Waals surface area contributed by atoms with Gasteiger partial charge in [0.05, 0.1) is 0 Å². The molecule has 1 heterocycles. The zero-order chi connectivity index (χ0) is 13.7. The highest BCUT2D eigenvalue weighted by molar-refractivity contribution is 5.04. The first kappa shape index (κ1) is 14.5. The van der Waals surface area contributed by atoms with Crippen molar-refractivity contribution >= 4 is 0 Å². The molecule has 108 valence electrons. The Bertz CT molecular complexity index is 390. The van der Waals surface area contributed by atoms with E-state index in [1.807, 2.05) is 6.92 Å². The highest BCUT2D eigenvalue weighted by Gasteiger charge is 2.41. The summed E-state index contributed by atoms with van der Waals surface area (Å²) in [6.45, 7) is 5.06. The van der Waals surface area contributed by atoms with E-state index in [4.69, 9.17) is 14.4 Å². The first-order valence-corrected chi connectivity index (χ1v) is 7.28. The van der Waals surface area contributed by atoms with Crippen molar-refractivity contribution in [3.63, 3.8) is 0 Å². The van der Waals surface area contributed by atoms with Gasteiger partial charge in [-0.05, 0) is 38.5 Å². The summed E-state index contributed by atoms with van der Waals surface area (Å²) in [6, 6.07) is 0. The fourth-order valence-electron chi connectivity index (χ4n) is 2.95. The summed E-state index contributed by atoms with van der Waals surface area (Å²) in [4.78, 5) is 4.48. The van der Waals surface area contributed by atoms with E-state index in [9.17, 15) is 0 Å². The molecule has 5 nitrogen and oxygen atoms in total. The SMILES string of the molecule is CCOC1(c2noc(CCCO)n2)CCCC(C)C1. The molecule has 1 fully saturated rings. The van der Waals surface area contributed by atoms with Crippen LogP contribution >= 0.6 is 0 Å². The molecule has 0 aromatic carbocycles. The van der Waals surface area contributed by atoms with Crippen molar-refractivity contribution in [1.29, 1.82) is 0 Å². The predicted molar refractivity (Wildman–Crippen MR) is 70.6 cm³/mol. The number of aliphatic hydroxyl groups excluding tert-OH is 1. The first-order chi connectivity index (χ1) is 9.20. The maximum Gasteiger partial charge on any atom is 0.226 e. The van der Waals surface area contributed by atoms with Gasteiger partial charge in [0, 0.05) is 19.6 Å². The summed E-state index contributed by atoms with van der Waals surface area (Å²) in [5, 5.41) is 13.0. The molecule has 1 aromatic rings. The first-order valence-electron chi connectivity index (χ1n) is 7.28. The van der Waals surface area contributed by atoms with E-state index >= 15 is 0 Å². The third-order valence-corrected chi connectivity index (χ3v) is 3.80. The Morgan fingerprint density at radius 1 is 1.53 bits per heavy atom. The molecule has 5 heteroatoms. The van der Waals surface area contributed by atoms with E-state index in [2.05, 4.69) is 17.1 Å². The van der Waals surface area contributed by atoms with E-state index in [0.29, 0.717) is 37.1 Å². The van der Waals surface area contributed by atoms with Gasteiger partial charge in [0.2, 0.25) is 11.7 Å². The number of rotatable bonds is 6. The molecule has 19 heavy (non-hydrogen) atoms. The second-order valence-corrected chi connectivity index (χ2v) is 5.47. The van der Waals surface area contributed by atoms with Crippen LogP contribution in [-0.2, 0) is 16.8 Å². The lowest BCUT2D eigenvalue weighted by Gasteiger charge is -2.37. The van der Waals surface area contributed by atoms with Crippen molar-refractivity contribution in [1.82, 2.24) is 10.1 Å². The number of ether oxygens (including phenoxy) is 1. The molecular weight excluding hydrogens is 244 g/mol. The van der Waals surface area contributed by atoms with Gasteiger partial charge in [-0.25, -0.2) is 0 Å². The van der Waals surface area contributed by atoms with Crippen molar-refractivity contribution in [2.24, 2.45) is 5.92 Å². The highest BCUT2D eigenvalue weighted by Crippen LogP contribution is 2.41. The summed E-state index contributed by atoms with van der Waals surface area (Å²) in [5.41, 5.74) is -0.368. The minimum Gasteiger partial charge on any atom is -0.396 e. The second-order valence-electron chi connectivity index (χ2n) is 5.47. The quantitative estimate of drug-likeness (QED) is 0.858. The smallest absolute Gasteiger partial charge is 0.226 e. The lowest BCUT2D eigenvalue weighted by molar-refractivity contribution is -0.0891. The molecular formula is C14H24N2O3. The molecule has 2 rings (SSSR count). The number of hydrogen-bond acceptors (Lipinski definition) is 5. The maximum absolute atomic E-state index is 8.84. The summed E-state index contributed by atoms with van der Waals surface area (Å²) in [7, 11) is 0. The third kappa shape index (κ3) is 3.34. The van der Waals surface area contributed by atoms with Gasteiger partial charge in [-0.3, -0.25) is 0 Å². The van der Waals surface area contributed by atoms with Crippen molar-refractivity contribution < 1.29 is 14.4 Å². The number of hydrogen-bond donors (Lipinski definition) is 1. The molecule has 1 aliphatic carbocycles. The average Bonchev–Trinajstić information content (AvgIpc) is 2.86. The Balaban J connectivity index is 2.15. The summed E-state index contributed by atoms with van der Waals surface area (Å²) < 4.78 is 11.3. The van der Waals surface area contributed by atoms with Gasteiger partial charge in [-0.2, -0.15) is 4.98 Å². The van der Waals surface area contributed by atoms with E-state index in [0.717, 1.165) is 19.3 Å². The van der Waals surface area contributed by atoms with Crippen molar-refractivity contribution in [3.05, 3.63) is 11.7 Å². The van der Waals surface area contributed by atoms with Crippen LogP contribution in [0, 0.1) is 5.92 Å². The van der Waals surface area contributed by atoms with Crippen LogP contribution in [0.3, 0.4) is 0 Å². The zero-order valence-corrected chi connectivity index (χ0v) is 11.9. The number of nitrogens with zero attached hydrogens (tertiary/aromatic N) is 2. The molecule has 0 spiro atoms. The van der Waals surface area contributed by atoms with Crippen molar-refractivity contribution in [3.8, 4) is 0 Å². The number of aliphatic hydroxyl groups is 1. The van der Waals surface area contributed by atoms with Gasteiger partial charge in [0.25, 0.3) is 0 Å². The molecule has 0 bridgehead atoms. The summed E-state index contributed by atoms with van der Waals surface area (Å²) >= 11 is 0. The van der Waals surface area contributed by atoms with Gasteiger partial charge in [-0.15, -0.1) is 0 Å². The minimum atomic E-state index is -0.368. The Morgan fingerprint density at radius 3 is 3.05 bits per heavy atom. The second kappa shape index (κ2) is 6.48. The Labute approximate surface area is 114 Å². The van der Waals surface area contributed by atoms with Gasteiger partial charge in [-0.1, -0.05) is 18.5 Å². The van der Waals surface area contributed by atoms with Crippen molar-refractivity contribution in [2.75, 3.05) is 13.2 Å². The normalized spacial score (nSPS) is 27.6. The van der Waals surface area contributed by atoms with Crippen LogP contribution in [0.25, 0.3) is 0 Å². The highest BCUT2D eigenvalue weighted by atomic mass is 16.5. The molecule has 0 aliphatic heterocycles. The Hall–Kier alpha value is -0.940. The molecule has 2 unspecified atom stereocenters. The third-order valence-electron chi connectivity index (χ3n) is 3.80. The summed E-state index contributed by atoms with van der Waals surface area (Å²) in [5.74, 6) is 1.91. The Kier molecular flexibility index (Phi) is 4.93. The van der Waals surface area contributed by atoms with Crippen LogP contribution < -0.4 is 0 Å². The molecule has 1 aliphatic rings. The lowest BCUT2D eigenvalue weighted by Crippen LogP contribution is -2.36. The lowest BCUT2D eigenvalue weighted by atomic mass is 9.78. The predicted octanol–water partition coefficient (Wildman–Crippen LogP) is 2.44. The van der Waals surface area contributed by atoms with Gasteiger partial charge in [0.1, 0.15) is 5.60 Å². The van der Waals surface area contributed by atoms with E-state index in [1.54, 1.807) is 0 Å². The number of aromatic nitrogens is 2. The monoisotopic (exact) mass is 268 g/mol. The molecule has 1 saturated carbocycles. The van der Waals surface area contributed by atoms with Crippen LogP contribution in [-0.4, -0.2) is 28.5 Å². The largest absolute Gasteiger partial charge is 0.396 e. The van der Waals surface area contributed by atoms with Crippen LogP contribution in [0.5, 0.6) is 0 Å². The number of aryl methyl sites for hydroxylation is 1. The van der Waals surface area contributed by atoms with Gasteiger partial charge >= 0.3 is 0 Å². The fraction of sp³-hybridized carbons (Fsp3) is 0.857. The molecule has 1 N–H and O–H groups in total. The van der Waals surface area contributed by atoms with Crippen molar-refractivity contribution in [2.45, 2.75) is 58.0 Å². The fourth-order valence-corrected chi connectivity index (χ4v) is 2.95. The maximum atomic E-state index is 8.84. The van der Waals surface area contributed by atoms with Gasteiger partial charge < -0.3 is 14.4 Å². The van der Waals surface area contributed by atoms with E-state index in [1.165, 1.54) is 6.42 Å². The van der Waals surface area contributed by atoms with Gasteiger partial charge in [0.15, 0.2) is 0 Å². The minimum absolute atomic E-state index is 0.144. The standard InChI is InChI=1S/C14H24N2O3/c1-3-18-14(8-4-6-11(2)10-14)13-15-12(19-16-13)7-5-9-17/h11,17H,3-10H2,1-2H3. The van der Waals surface area contributed by atoms with Crippen LogP contribution in [0.15, 0.2) is 4.52 Å². The van der Waals surface area contributed by atoms with Crippen LogP contribution in [0.1, 0.15) is 57.7 Å². The average molecular weight is 268 g/mol. The van der Waals surface area contributed by atoms with E-state index in [-0.39, 0.29) is 12.2 Å². The molecule has 0 amide bonds. The van der Waals surface area contributed by atoms with Crippen LogP contribution in [0.4, 0.5) is 0 Å². The summed E-state index contributed by atoms with van der Waals surface area (Å²) in [6.07, 6.45) is 5.58. The topological polar surface area (TPSA) is 68.4 Å². The molecule has 0 saturated heterocycles. The Morgan fingerprint density at radius 2 is 2.37 bits per heavy atom. The molecule has 0 radical (unpaired) electrons. The molecule has 1 aromatic heterocycles. The zero-order valence-electron chi connectivity index (χ0n) is 11.9. The van der Waals surface area contributed by atoms with Crippen LogP contribution in [0.2, 0.25) is 0 Å². The van der Waals surface area contributed by atoms with E-state index < -0.39 is 0 Å². The molecule has 2 atom stereocenters.